The molecule has 2 rings (SSSR count). The lowest BCUT2D eigenvalue weighted by Gasteiger charge is -2.20. The molecular weight excluding hydrogens is 234 g/mol. The van der Waals surface area contributed by atoms with E-state index in [-0.39, 0.29) is 25.9 Å². The Morgan fingerprint density at radius 3 is 2.94 bits per heavy atom. The van der Waals surface area contributed by atoms with Crippen LogP contribution in [0.25, 0.3) is 0 Å². The van der Waals surface area contributed by atoms with Crippen molar-refractivity contribution >= 4 is 5.91 Å². The van der Waals surface area contributed by atoms with Crippen molar-refractivity contribution in [1.82, 2.24) is 4.90 Å². The van der Waals surface area contributed by atoms with Crippen LogP contribution >= 0.6 is 0 Å². The molecule has 1 aliphatic heterocycles. The number of hydrogen-bond donors (Lipinski definition) is 1. The second kappa shape index (κ2) is 5.55. The average Bonchev–Trinajstić information content (AvgIpc) is 2.84. The molecule has 18 heavy (non-hydrogen) atoms. The van der Waals surface area contributed by atoms with E-state index in [1.54, 1.807) is 24.3 Å². The number of hydrogen-bond acceptors (Lipinski definition) is 4. The molecule has 0 atom stereocenters. The van der Waals surface area contributed by atoms with Crippen molar-refractivity contribution in [3.8, 4) is 11.5 Å². The molecule has 1 aliphatic rings. The van der Waals surface area contributed by atoms with Gasteiger partial charge in [-0.15, -0.1) is 6.58 Å². The Hall–Kier alpha value is -2.01. The van der Waals surface area contributed by atoms with Crippen LogP contribution in [0.1, 0.15) is 10.4 Å². The lowest BCUT2D eigenvalue weighted by Crippen LogP contribution is -2.33. The van der Waals surface area contributed by atoms with Gasteiger partial charge in [0.1, 0.15) is 0 Å². The Morgan fingerprint density at radius 1 is 1.44 bits per heavy atom. The lowest BCUT2D eigenvalue weighted by molar-refractivity contribution is 0.0742. The molecule has 1 heterocycles. The fraction of sp³-hybridized carbons (Fsp3) is 0.308. The van der Waals surface area contributed by atoms with Gasteiger partial charge in [0.05, 0.1) is 6.61 Å². The van der Waals surface area contributed by atoms with Crippen LogP contribution in [0, 0.1) is 0 Å². The van der Waals surface area contributed by atoms with Crippen LogP contribution in [0.2, 0.25) is 0 Å². The van der Waals surface area contributed by atoms with Gasteiger partial charge in [-0.25, -0.2) is 0 Å². The number of benzene rings is 1. The summed E-state index contributed by atoms with van der Waals surface area (Å²) in [5.41, 5.74) is 0.509. The van der Waals surface area contributed by atoms with Crippen LogP contribution < -0.4 is 9.47 Å². The van der Waals surface area contributed by atoms with E-state index in [0.29, 0.717) is 23.6 Å². The van der Waals surface area contributed by atoms with E-state index in [0.717, 1.165) is 0 Å². The Kier molecular flexibility index (Phi) is 3.84. The van der Waals surface area contributed by atoms with Gasteiger partial charge in [0.2, 0.25) is 6.79 Å². The highest BCUT2D eigenvalue weighted by molar-refractivity contribution is 5.95. The molecule has 1 N–H and O–H groups in total. The third kappa shape index (κ3) is 2.46. The number of carbonyl (C=O) groups is 1. The minimum atomic E-state index is -0.165. The van der Waals surface area contributed by atoms with Gasteiger partial charge >= 0.3 is 0 Å². The molecule has 5 nitrogen and oxygen atoms in total. The molecule has 0 saturated carbocycles. The topological polar surface area (TPSA) is 59.0 Å². The molecule has 0 spiro atoms. The first-order chi connectivity index (χ1) is 8.76. The molecule has 5 heteroatoms. The van der Waals surface area contributed by atoms with Crippen molar-refractivity contribution < 1.29 is 19.4 Å². The quantitative estimate of drug-likeness (QED) is 0.792. The number of fused-ring (bicyclic) bond motifs is 1. The second-order valence-electron chi connectivity index (χ2n) is 3.83. The first kappa shape index (κ1) is 12.4. The van der Waals surface area contributed by atoms with Crippen LogP contribution in [-0.4, -0.2) is 42.4 Å². The van der Waals surface area contributed by atoms with E-state index >= 15 is 0 Å². The van der Waals surface area contributed by atoms with Gasteiger partial charge in [0.25, 0.3) is 5.91 Å². The number of ether oxygens (including phenoxy) is 2. The molecule has 0 saturated heterocycles. The van der Waals surface area contributed by atoms with Crippen LogP contribution in [0.5, 0.6) is 11.5 Å². The molecule has 1 aromatic rings. The summed E-state index contributed by atoms with van der Waals surface area (Å²) in [5, 5.41) is 8.94. The largest absolute Gasteiger partial charge is 0.454 e. The average molecular weight is 249 g/mol. The third-order valence-electron chi connectivity index (χ3n) is 2.63. The van der Waals surface area contributed by atoms with Crippen molar-refractivity contribution in [2.45, 2.75) is 0 Å². The summed E-state index contributed by atoms with van der Waals surface area (Å²) in [4.78, 5) is 13.7. The Balaban J connectivity index is 2.18. The number of rotatable bonds is 5. The number of nitrogens with zero attached hydrogens (tertiary/aromatic N) is 1. The normalized spacial score (nSPS) is 12.3. The van der Waals surface area contributed by atoms with E-state index in [4.69, 9.17) is 14.6 Å². The minimum Gasteiger partial charge on any atom is -0.454 e. The van der Waals surface area contributed by atoms with Crippen molar-refractivity contribution in [2.75, 3.05) is 26.5 Å². The molecule has 96 valence electrons. The van der Waals surface area contributed by atoms with Crippen molar-refractivity contribution in [3.63, 3.8) is 0 Å². The van der Waals surface area contributed by atoms with Crippen molar-refractivity contribution in [2.24, 2.45) is 0 Å². The van der Waals surface area contributed by atoms with Gasteiger partial charge in [-0.2, -0.15) is 0 Å². The highest BCUT2D eigenvalue weighted by Crippen LogP contribution is 2.32. The van der Waals surface area contributed by atoms with Gasteiger partial charge < -0.3 is 19.5 Å². The van der Waals surface area contributed by atoms with Crippen LogP contribution in [-0.2, 0) is 0 Å². The minimum absolute atomic E-state index is 0.0792. The lowest BCUT2D eigenvalue weighted by atomic mass is 10.1. The van der Waals surface area contributed by atoms with Crippen molar-refractivity contribution in [1.29, 1.82) is 0 Å². The van der Waals surface area contributed by atoms with E-state index in [1.807, 2.05) is 0 Å². The standard InChI is InChI=1S/C13H15NO4/c1-2-5-14(6-7-15)13(16)10-3-4-11-12(8-10)18-9-17-11/h2-4,8,15H,1,5-7,9H2. The zero-order chi connectivity index (χ0) is 13.0. The maximum atomic E-state index is 12.2. The molecule has 0 aromatic heterocycles. The summed E-state index contributed by atoms with van der Waals surface area (Å²) in [7, 11) is 0. The van der Waals surface area contributed by atoms with Gasteiger partial charge in [-0.3, -0.25) is 4.79 Å². The van der Waals surface area contributed by atoms with Gasteiger partial charge in [-0.05, 0) is 18.2 Å². The van der Waals surface area contributed by atoms with E-state index in [2.05, 4.69) is 6.58 Å². The first-order valence-corrected chi connectivity index (χ1v) is 5.67. The Bertz CT molecular complexity index is 458. The number of carbonyl (C=O) groups excluding carboxylic acids is 1. The zero-order valence-corrected chi connectivity index (χ0v) is 9.96. The number of aliphatic hydroxyl groups is 1. The molecule has 1 amide bonds. The summed E-state index contributed by atoms with van der Waals surface area (Å²) in [6.45, 7) is 4.37. The van der Waals surface area contributed by atoms with Gasteiger partial charge in [0, 0.05) is 18.7 Å². The summed E-state index contributed by atoms with van der Waals surface area (Å²) >= 11 is 0. The molecular formula is C13H15NO4. The maximum absolute atomic E-state index is 12.2. The predicted molar refractivity (Wildman–Crippen MR) is 65.8 cm³/mol. The van der Waals surface area contributed by atoms with Gasteiger partial charge in [-0.1, -0.05) is 6.08 Å². The van der Waals surface area contributed by atoms with Crippen LogP contribution in [0.4, 0.5) is 0 Å². The van der Waals surface area contributed by atoms with Gasteiger partial charge in [0.15, 0.2) is 11.5 Å². The van der Waals surface area contributed by atoms with Crippen molar-refractivity contribution in [3.05, 3.63) is 36.4 Å². The molecule has 0 unspecified atom stereocenters. The van der Waals surface area contributed by atoms with E-state index in [1.165, 1.54) is 4.90 Å². The zero-order valence-electron chi connectivity index (χ0n) is 9.96. The molecule has 0 fully saturated rings. The molecule has 0 bridgehead atoms. The fourth-order valence-electron chi connectivity index (χ4n) is 1.76. The summed E-state index contributed by atoms with van der Waals surface area (Å²) in [5.74, 6) is 1.05. The molecule has 0 aliphatic carbocycles. The third-order valence-corrected chi connectivity index (χ3v) is 2.63. The summed E-state index contributed by atoms with van der Waals surface area (Å²) in [6, 6.07) is 5.04. The smallest absolute Gasteiger partial charge is 0.254 e. The second-order valence-corrected chi connectivity index (χ2v) is 3.83. The van der Waals surface area contributed by atoms with E-state index in [9.17, 15) is 4.79 Å². The summed E-state index contributed by atoms with van der Waals surface area (Å²) in [6.07, 6.45) is 1.63. The highest BCUT2D eigenvalue weighted by Gasteiger charge is 2.19. The summed E-state index contributed by atoms with van der Waals surface area (Å²) < 4.78 is 10.4. The van der Waals surface area contributed by atoms with E-state index < -0.39 is 0 Å². The Labute approximate surface area is 105 Å². The first-order valence-electron chi connectivity index (χ1n) is 5.67. The fourth-order valence-corrected chi connectivity index (χ4v) is 1.76. The SMILES string of the molecule is C=CCN(CCO)C(=O)c1ccc2c(c1)OCO2. The predicted octanol–water partition coefficient (Wildman–Crippen LogP) is 1.04. The molecule has 1 aromatic carbocycles. The highest BCUT2D eigenvalue weighted by atomic mass is 16.7. The number of aliphatic hydroxyl groups excluding tert-OH is 1. The van der Waals surface area contributed by atoms with Crippen LogP contribution in [0.15, 0.2) is 30.9 Å². The molecule has 0 radical (unpaired) electrons. The maximum Gasteiger partial charge on any atom is 0.254 e. The Morgan fingerprint density at radius 2 is 2.22 bits per heavy atom. The van der Waals surface area contributed by atoms with Crippen LogP contribution in [0.3, 0.4) is 0 Å². The monoisotopic (exact) mass is 249 g/mol. The number of amides is 1.